The van der Waals surface area contributed by atoms with Crippen LogP contribution in [0.4, 0.5) is 11.4 Å². The molecule has 1 atom stereocenters. The molecule has 0 aliphatic carbocycles. The number of aliphatic hydroxyl groups is 1. The van der Waals surface area contributed by atoms with Crippen molar-refractivity contribution in [2.75, 3.05) is 25.1 Å². The molecular formula is C15H22N2O5. The van der Waals surface area contributed by atoms with Gasteiger partial charge in [-0.05, 0) is 30.5 Å². The number of rotatable bonds is 7. The molecule has 1 aliphatic heterocycles. The molecule has 122 valence electrons. The van der Waals surface area contributed by atoms with Crippen LogP contribution in [-0.2, 0) is 16.1 Å². The van der Waals surface area contributed by atoms with Crippen LogP contribution in [0.25, 0.3) is 0 Å². The van der Waals surface area contributed by atoms with Crippen molar-refractivity contribution in [2.24, 2.45) is 5.92 Å². The highest BCUT2D eigenvalue weighted by molar-refractivity contribution is 5.62. The van der Waals surface area contributed by atoms with Crippen LogP contribution in [0.15, 0.2) is 18.2 Å². The number of aliphatic hydroxyl groups excluding tert-OH is 1. The van der Waals surface area contributed by atoms with Crippen LogP contribution >= 0.6 is 0 Å². The van der Waals surface area contributed by atoms with Crippen molar-refractivity contribution in [3.63, 3.8) is 0 Å². The van der Waals surface area contributed by atoms with Gasteiger partial charge in [0.2, 0.25) is 0 Å². The van der Waals surface area contributed by atoms with Crippen molar-refractivity contribution in [2.45, 2.75) is 32.7 Å². The molecule has 1 heterocycles. The van der Waals surface area contributed by atoms with E-state index in [1.807, 2.05) is 13.8 Å². The summed E-state index contributed by atoms with van der Waals surface area (Å²) in [6.07, 6.45) is 0.702. The second-order valence-electron chi connectivity index (χ2n) is 5.79. The molecule has 7 heteroatoms. The van der Waals surface area contributed by atoms with Crippen LogP contribution in [0.1, 0.15) is 25.8 Å². The van der Waals surface area contributed by atoms with E-state index in [2.05, 4.69) is 5.32 Å². The molecule has 7 nitrogen and oxygen atoms in total. The molecule has 0 saturated carbocycles. The highest BCUT2D eigenvalue weighted by atomic mass is 16.7. The highest BCUT2D eigenvalue weighted by Crippen LogP contribution is 2.29. The van der Waals surface area contributed by atoms with Crippen LogP contribution in [-0.4, -0.2) is 35.6 Å². The standard InChI is InChI=1S/C15H22N2O5/c1-11(8-15(2)21-5-6-22-15)9-16-13-7-12(10-18)3-4-14(13)17(19)20/h3-4,7,11,16,18H,5-6,8-10H2,1-2H3. The fourth-order valence-corrected chi connectivity index (χ4v) is 2.65. The smallest absolute Gasteiger partial charge is 0.292 e. The maximum absolute atomic E-state index is 11.1. The molecule has 1 aliphatic rings. The lowest BCUT2D eigenvalue weighted by Crippen LogP contribution is -2.30. The Balaban J connectivity index is 1.99. The lowest BCUT2D eigenvalue weighted by atomic mass is 10.0. The Hall–Kier alpha value is -1.70. The predicted molar refractivity (Wildman–Crippen MR) is 81.6 cm³/mol. The first-order chi connectivity index (χ1) is 10.4. The molecule has 1 unspecified atom stereocenters. The van der Waals surface area contributed by atoms with Gasteiger partial charge in [-0.1, -0.05) is 6.92 Å². The van der Waals surface area contributed by atoms with E-state index < -0.39 is 10.7 Å². The number of nitro groups is 1. The number of ether oxygens (including phenoxy) is 2. The number of anilines is 1. The molecule has 2 N–H and O–H groups in total. The van der Waals surface area contributed by atoms with Gasteiger partial charge in [0.05, 0.1) is 24.7 Å². The molecule has 1 fully saturated rings. The minimum absolute atomic E-state index is 0.00368. The number of nitrogens with zero attached hydrogens (tertiary/aromatic N) is 1. The van der Waals surface area contributed by atoms with Crippen molar-refractivity contribution in [3.05, 3.63) is 33.9 Å². The van der Waals surface area contributed by atoms with Crippen LogP contribution in [0.2, 0.25) is 0 Å². The van der Waals surface area contributed by atoms with Crippen LogP contribution in [0, 0.1) is 16.0 Å². The SMILES string of the molecule is CC(CNc1cc(CO)ccc1[N+](=O)[O-])CC1(C)OCCO1. The molecule has 22 heavy (non-hydrogen) atoms. The first kappa shape index (κ1) is 16.7. The summed E-state index contributed by atoms with van der Waals surface area (Å²) >= 11 is 0. The number of nitro benzene ring substituents is 1. The predicted octanol–water partition coefficient (Wildman–Crippen LogP) is 2.29. The molecule has 1 aromatic carbocycles. The number of hydrogen-bond acceptors (Lipinski definition) is 6. The maximum Gasteiger partial charge on any atom is 0.292 e. The van der Waals surface area contributed by atoms with Crippen LogP contribution in [0.5, 0.6) is 0 Å². The Labute approximate surface area is 129 Å². The van der Waals surface area contributed by atoms with E-state index in [1.54, 1.807) is 12.1 Å². The van der Waals surface area contributed by atoms with E-state index >= 15 is 0 Å². The van der Waals surface area contributed by atoms with Gasteiger partial charge >= 0.3 is 0 Å². The fourth-order valence-electron chi connectivity index (χ4n) is 2.65. The third-order valence-electron chi connectivity index (χ3n) is 3.70. The van der Waals surface area contributed by atoms with Gasteiger partial charge in [-0.15, -0.1) is 0 Å². The second-order valence-corrected chi connectivity index (χ2v) is 5.79. The highest BCUT2D eigenvalue weighted by Gasteiger charge is 2.32. The average molecular weight is 310 g/mol. The molecule has 0 spiro atoms. The van der Waals surface area contributed by atoms with E-state index in [9.17, 15) is 10.1 Å². The summed E-state index contributed by atoms with van der Waals surface area (Å²) in [4.78, 5) is 10.6. The zero-order chi connectivity index (χ0) is 16.2. The van der Waals surface area contributed by atoms with Gasteiger partial charge in [0.1, 0.15) is 5.69 Å². The average Bonchev–Trinajstić information content (AvgIpc) is 2.90. The molecule has 0 radical (unpaired) electrons. The third-order valence-corrected chi connectivity index (χ3v) is 3.70. The maximum atomic E-state index is 11.1. The minimum Gasteiger partial charge on any atom is -0.392 e. The summed E-state index contributed by atoms with van der Waals surface area (Å²) in [6.45, 7) is 5.54. The van der Waals surface area contributed by atoms with Crippen molar-refractivity contribution in [3.8, 4) is 0 Å². The van der Waals surface area contributed by atoms with Gasteiger partial charge < -0.3 is 19.9 Å². The number of benzene rings is 1. The first-order valence-electron chi connectivity index (χ1n) is 7.33. The second kappa shape index (κ2) is 7.04. The fraction of sp³-hybridized carbons (Fsp3) is 0.600. The summed E-state index contributed by atoms with van der Waals surface area (Å²) in [5.74, 6) is -0.361. The van der Waals surface area contributed by atoms with Gasteiger partial charge in [-0.3, -0.25) is 10.1 Å². The van der Waals surface area contributed by atoms with Gasteiger partial charge in [0, 0.05) is 19.0 Å². The van der Waals surface area contributed by atoms with Crippen LogP contribution < -0.4 is 5.32 Å². The van der Waals surface area contributed by atoms with E-state index in [0.29, 0.717) is 37.4 Å². The molecule has 0 aromatic heterocycles. The Kier molecular flexibility index (Phi) is 5.33. The lowest BCUT2D eigenvalue weighted by molar-refractivity contribution is -0.384. The van der Waals surface area contributed by atoms with Crippen molar-refractivity contribution in [1.29, 1.82) is 0 Å². The summed E-state index contributed by atoms with van der Waals surface area (Å²) in [7, 11) is 0. The van der Waals surface area contributed by atoms with E-state index in [4.69, 9.17) is 14.6 Å². The number of nitrogens with one attached hydrogen (secondary N) is 1. The van der Waals surface area contributed by atoms with Crippen molar-refractivity contribution < 1.29 is 19.5 Å². The molecule has 2 rings (SSSR count). The topological polar surface area (TPSA) is 93.9 Å². The molecule has 1 saturated heterocycles. The monoisotopic (exact) mass is 310 g/mol. The summed E-state index contributed by atoms with van der Waals surface area (Å²) in [5.41, 5.74) is 1.06. The Morgan fingerprint density at radius 1 is 1.45 bits per heavy atom. The van der Waals surface area contributed by atoms with E-state index in [1.165, 1.54) is 6.07 Å². The van der Waals surface area contributed by atoms with Crippen LogP contribution in [0.3, 0.4) is 0 Å². The largest absolute Gasteiger partial charge is 0.392 e. The lowest BCUT2D eigenvalue weighted by Gasteiger charge is -2.26. The third kappa shape index (κ3) is 4.16. The van der Waals surface area contributed by atoms with E-state index in [0.717, 1.165) is 0 Å². The summed E-state index contributed by atoms with van der Waals surface area (Å²) in [6, 6.07) is 4.56. The van der Waals surface area contributed by atoms with Gasteiger partial charge in [0.25, 0.3) is 5.69 Å². The quantitative estimate of drug-likeness (QED) is 0.593. The minimum atomic E-state index is -0.569. The molecule has 0 bridgehead atoms. The van der Waals surface area contributed by atoms with Gasteiger partial charge in [-0.2, -0.15) is 0 Å². The van der Waals surface area contributed by atoms with Crippen molar-refractivity contribution >= 4 is 11.4 Å². The van der Waals surface area contributed by atoms with Gasteiger partial charge in [0.15, 0.2) is 5.79 Å². The first-order valence-corrected chi connectivity index (χ1v) is 7.33. The Morgan fingerprint density at radius 3 is 2.73 bits per heavy atom. The molecular weight excluding hydrogens is 288 g/mol. The summed E-state index contributed by atoms with van der Waals surface area (Å²) in [5, 5.41) is 23.3. The number of hydrogen-bond donors (Lipinski definition) is 2. The zero-order valence-electron chi connectivity index (χ0n) is 12.9. The van der Waals surface area contributed by atoms with Gasteiger partial charge in [-0.25, -0.2) is 0 Å². The Morgan fingerprint density at radius 2 is 2.14 bits per heavy atom. The summed E-state index contributed by atoms with van der Waals surface area (Å²) < 4.78 is 11.1. The molecule has 0 amide bonds. The van der Waals surface area contributed by atoms with E-state index in [-0.39, 0.29) is 18.2 Å². The Bertz CT molecular complexity index is 529. The van der Waals surface area contributed by atoms with Crippen molar-refractivity contribution in [1.82, 2.24) is 0 Å². The normalized spacial score (nSPS) is 18.1. The molecule has 1 aromatic rings. The zero-order valence-corrected chi connectivity index (χ0v) is 12.9.